The number of nitrogen functional groups attached to an aromatic ring is 1. The summed E-state index contributed by atoms with van der Waals surface area (Å²) in [6.45, 7) is 0. The monoisotopic (exact) mass is 322 g/mol. The Morgan fingerprint density at radius 1 is 1.32 bits per heavy atom. The number of ether oxygens (including phenoxy) is 2. The first-order chi connectivity index (χ1) is 9.12. The number of nitrogens with zero attached hydrogens (tertiary/aromatic N) is 2. The molecule has 0 saturated heterocycles. The zero-order valence-electron chi connectivity index (χ0n) is 10.3. The lowest BCUT2D eigenvalue weighted by atomic mass is 10.1. The van der Waals surface area contributed by atoms with Gasteiger partial charge in [-0.1, -0.05) is 0 Å². The number of aromatic nitrogens is 2. The van der Waals surface area contributed by atoms with Crippen molar-refractivity contribution in [2.24, 2.45) is 0 Å². The predicted molar refractivity (Wildman–Crippen MR) is 74.0 cm³/mol. The third-order valence-electron chi connectivity index (χ3n) is 2.64. The Labute approximate surface area is 118 Å². The largest absolute Gasteiger partial charge is 0.495 e. The molecule has 0 aliphatic carbocycles. The van der Waals surface area contributed by atoms with Gasteiger partial charge in [-0.25, -0.2) is 0 Å². The quantitative estimate of drug-likeness (QED) is 0.903. The lowest BCUT2D eigenvalue weighted by molar-refractivity contribution is 0.390. The Morgan fingerprint density at radius 2 is 1.89 bits per heavy atom. The van der Waals surface area contributed by atoms with Crippen LogP contribution in [0.2, 0.25) is 0 Å². The van der Waals surface area contributed by atoms with Crippen LogP contribution in [0, 0.1) is 11.3 Å². The van der Waals surface area contributed by atoms with Crippen molar-refractivity contribution >= 4 is 21.7 Å². The first-order valence-electron chi connectivity index (χ1n) is 5.28. The topological polar surface area (TPSA) is 97.0 Å². The summed E-state index contributed by atoms with van der Waals surface area (Å²) in [5.74, 6) is 1.34. The van der Waals surface area contributed by atoms with Crippen LogP contribution in [0.5, 0.6) is 11.5 Å². The zero-order valence-corrected chi connectivity index (χ0v) is 11.9. The molecule has 6 nitrogen and oxygen atoms in total. The summed E-state index contributed by atoms with van der Waals surface area (Å²) >= 11 is 3.38. The molecule has 0 spiro atoms. The minimum Gasteiger partial charge on any atom is -0.495 e. The van der Waals surface area contributed by atoms with Gasteiger partial charge in [-0.3, -0.25) is 5.10 Å². The van der Waals surface area contributed by atoms with E-state index >= 15 is 0 Å². The van der Waals surface area contributed by atoms with Crippen LogP contribution in [0.15, 0.2) is 16.6 Å². The number of benzene rings is 1. The molecule has 3 N–H and O–H groups in total. The molecule has 0 fully saturated rings. The summed E-state index contributed by atoms with van der Waals surface area (Å²) in [5, 5.41) is 15.7. The fourth-order valence-corrected chi connectivity index (χ4v) is 2.24. The Balaban J connectivity index is 2.66. The number of methoxy groups -OCH3 is 2. The van der Waals surface area contributed by atoms with E-state index in [1.165, 1.54) is 0 Å². The molecule has 0 atom stereocenters. The number of nitrogens with two attached hydrogens (primary N) is 1. The molecular formula is C12H11BrN4O2. The van der Waals surface area contributed by atoms with E-state index in [2.05, 4.69) is 26.1 Å². The predicted octanol–water partition coefficient (Wildman–Crippen LogP) is 2.31. The van der Waals surface area contributed by atoms with Crippen molar-refractivity contribution in [3.63, 3.8) is 0 Å². The van der Waals surface area contributed by atoms with E-state index in [1.807, 2.05) is 6.07 Å². The molecule has 1 aromatic heterocycles. The van der Waals surface area contributed by atoms with Crippen molar-refractivity contribution in [3.8, 4) is 28.8 Å². The summed E-state index contributed by atoms with van der Waals surface area (Å²) in [5.41, 5.74) is 7.16. The van der Waals surface area contributed by atoms with E-state index in [9.17, 15) is 0 Å². The van der Waals surface area contributed by atoms with Gasteiger partial charge in [-0.05, 0) is 28.1 Å². The highest BCUT2D eigenvalue weighted by atomic mass is 79.9. The standard InChI is InChI=1S/C12H11BrN4O2/c1-18-8-3-6(4-9(19-2)10(8)13)11-7(5-14)12(15)17-16-11/h3-4H,1-2H3,(H3,15,16,17). The van der Waals surface area contributed by atoms with Gasteiger partial charge in [0.05, 0.1) is 19.9 Å². The molecule has 0 aliphatic rings. The number of aromatic amines is 1. The van der Waals surface area contributed by atoms with Crippen molar-refractivity contribution in [1.29, 1.82) is 5.26 Å². The first-order valence-corrected chi connectivity index (χ1v) is 6.07. The van der Waals surface area contributed by atoms with Crippen LogP contribution in [0.25, 0.3) is 11.3 Å². The number of hydrogen-bond acceptors (Lipinski definition) is 5. The molecule has 2 rings (SSSR count). The van der Waals surface area contributed by atoms with Crippen LogP contribution in [-0.2, 0) is 0 Å². The highest BCUT2D eigenvalue weighted by Crippen LogP contribution is 2.39. The molecule has 98 valence electrons. The Morgan fingerprint density at radius 3 is 2.37 bits per heavy atom. The van der Waals surface area contributed by atoms with E-state index in [-0.39, 0.29) is 5.82 Å². The average Bonchev–Trinajstić information content (AvgIpc) is 2.80. The van der Waals surface area contributed by atoms with Crippen LogP contribution in [0.3, 0.4) is 0 Å². The van der Waals surface area contributed by atoms with Crippen LogP contribution in [0.1, 0.15) is 5.56 Å². The van der Waals surface area contributed by atoms with Crippen molar-refractivity contribution < 1.29 is 9.47 Å². The number of nitrogens with one attached hydrogen (secondary N) is 1. The maximum atomic E-state index is 9.10. The second-order valence-electron chi connectivity index (χ2n) is 3.67. The molecular weight excluding hydrogens is 312 g/mol. The first kappa shape index (κ1) is 13.2. The second kappa shape index (κ2) is 5.20. The lowest BCUT2D eigenvalue weighted by Gasteiger charge is -2.10. The van der Waals surface area contributed by atoms with Crippen molar-refractivity contribution in [1.82, 2.24) is 10.2 Å². The summed E-state index contributed by atoms with van der Waals surface area (Å²) in [6.07, 6.45) is 0. The maximum absolute atomic E-state index is 9.10. The number of anilines is 1. The summed E-state index contributed by atoms with van der Waals surface area (Å²) < 4.78 is 11.2. The van der Waals surface area contributed by atoms with Gasteiger partial charge in [0.15, 0.2) is 5.82 Å². The minimum absolute atomic E-state index is 0.165. The van der Waals surface area contributed by atoms with Crippen LogP contribution < -0.4 is 15.2 Å². The Hall–Kier alpha value is -2.20. The molecule has 0 unspecified atom stereocenters. The van der Waals surface area contributed by atoms with Gasteiger partial charge in [0.2, 0.25) is 0 Å². The van der Waals surface area contributed by atoms with Gasteiger partial charge < -0.3 is 15.2 Å². The zero-order chi connectivity index (χ0) is 14.0. The third kappa shape index (κ3) is 2.22. The van der Waals surface area contributed by atoms with Crippen molar-refractivity contribution in [2.45, 2.75) is 0 Å². The van der Waals surface area contributed by atoms with E-state index in [1.54, 1.807) is 26.4 Å². The van der Waals surface area contributed by atoms with E-state index < -0.39 is 0 Å². The van der Waals surface area contributed by atoms with E-state index in [0.717, 1.165) is 0 Å². The molecule has 1 heterocycles. The van der Waals surface area contributed by atoms with Gasteiger partial charge >= 0.3 is 0 Å². The molecule has 2 aromatic rings. The smallest absolute Gasteiger partial charge is 0.163 e. The average molecular weight is 323 g/mol. The van der Waals surface area contributed by atoms with Crippen LogP contribution in [-0.4, -0.2) is 24.4 Å². The van der Waals surface area contributed by atoms with Crippen LogP contribution >= 0.6 is 15.9 Å². The number of hydrogen-bond donors (Lipinski definition) is 2. The van der Waals surface area contributed by atoms with Crippen molar-refractivity contribution in [2.75, 3.05) is 20.0 Å². The molecule has 19 heavy (non-hydrogen) atoms. The van der Waals surface area contributed by atoms with E-state index in [4.69, 9.17) is 20.5 Å². The molecule has 0 saturated carbocycles. The Kier molecular flexibility index (Phi) is 3.62. The number of H-pyrrole nitrogens is 1. The van der Waals surface area contributed by atoms with Gasteiger partial charge in [0.1, 0.15) is 27.6 Å². The second-order valence-corrected chi connectivity index (χ2v) is 4.46. The van der Waals surface area contributed by atoms with Gasteiger partial charge in [0.25, 0.3) is 0 Å². The molecule has 1 aromatic carbocycles. The Bertz CT molecular complexity index is 635. The minimum atomic E-state index is 0.165. The summed E-state index contributed by atoms with van der Waals surface area (Å²) in [6, 6.07) is 5.55. The third-order valence-corrected chi connectivity index (χ3v) is 3.42. The van der Waals surface area contributed by atoms with Gasteiger partial charge in [-0.2, -0.15) is 10.4 Å². The molecule has 0 radical (unpaired) electrons. The molecule has 0 amide bonds. The lowest BCUT2D eigenvalue weighted by Crippen LogP contribution is -1.93. The fraction of sp³-hybridized carbons (Fsp3) is 0.167. The van der Waals surface area contributed by atoms with Crippen molar-refractivity contribution in [3.05, 3.63) is 22.2 Å². The maximum Gasteiger partial charge on any atom is 0.163 e. The molecule has 7 heteroatoms. The number of nitriles is 1. The number of halogens is 1. The number of rotatable bonds is 3. The molecule has 0 bridgehead atoms. The SMILES string of the molecule is COc1cc(-c2[nH]nc(N)c2C#N)cc(OC)c1Br. The molecule has 0 aliphatic heterocycles. The van der Waals surface area contributed by atoms with Gasteiger partial charge in [-0.15, -0.1) is 0 Å². The normalized spacial score (nSPS) is 10.0. The van der Waals surface area contributed by atoms with Crippen LogP contribution in [0.4, 0.5) is 5.82 Å². The highest BCUT2D eigenvalue weighted by molar-refractivity contribution is 9.10. The summed E-state index contributed by atoms with van der Waals surface area (Å²) in [7, 11) is 3.10. The summed E-state index contributed by atoms with van der Waals surface area (Å²) in [4.78, 5) is 0. The highest BCUT2D eigenvalue weighted by Gasteiger charge is 2.16. The van der Waals surface area contributed by atoms with E-state index in [0.29, 0.717) is 32.8 Å². The fourth-order valence-electron chi connectivity index (χ4n) is 1.69. The van der Waals surface area contributed by atoms with Gasteiger partial charge in [0, 0.05) is 5.56 Å².